The first-order valence-electron chi connectivity index (χ1n) is 11.1. The van der Waals surface area contributed by atoms with Crippen molar-refractivity contribution in [2.24, 2.45) is 0 Å². The fourth-order valence-corrected chi connectivity index (χ4v) is 4.08. The minimum atomic E-state index is -0.0483. The molecule has 1 N–H and O–H groups in total. The Hall–Kier alpha value is -3.15. The summed E-state index contributed by atoms with van der Waals surface area (Å²) < 4.78 is 5.54. The lowest BCUT2D eigenvalue weighted by Gasteiger charge is -2.35. The van der Waals surface area contributed by atoms with Gasteiger partial charge in [-0.25, -0.2) is 0 Å². The second-order valence-corrected chi connectivity index (χ2v) is 8.30. The molecule has 1 amide bonds. The third-order valence-electron chi connectivity index (χ3n) is 5.99. The van der Waals surface area contributed by atoms with Crippen molar-refractivity contribution < 1.29 is 9.53 Å². The summed E-state index contributed by atoms with van der Waals surface area (Å²) in [5, 5.41) is 3.16. The van der Waals surface area contributed by atoms with E-state index in [9.17, 15) is 4.79 Å². The van der Waals surface area contributed by atoms with E-state index in [1.807, 2.05) is 56.6 Å². The van der Waals surface area contributed by atoms with E-state index in [4.69, 9.17) is 4.74 Å². The third kappa shape index (κ3) is 5.36. The number of carbonyl (C=O) groups excluding carboxylic acids is 1. The van der Waals surface area contributed by atoms with Crippen molar-refractivity contribution in [3.05, 3.63) is 90.0 Å². The van der Waals surface area contributed by atoms with E-state index < -0.39 is 0 Å². The van der Waals surface area contributed by atoms with Crippen LogP contribution in [0.15, 0.2) is 78.9 Å². The number of anilines is 1. The Morgan fingerprint density at radius 1 is 0.906 bits per heavy atom. The van der Waals surface area contributed by atoms with Gasteiger partial charge in [0.1, 0.15) is 0 Å². The van der Waals surface area contributed by atoms with Gasteiger partial charge in [0.05, 0.1) is 19.3 Å². The van der Waals surface area contributed by atoms with E-state index in [1.54, 1.807) is 0 Å². The van der Waals surface area contributed by atoms with Crippen LogP contribution in [0.5, 0.6) is 0 Å². The normalized spacial score (nSPS) is 15.2. The van der Waals surface area contributed by atoms with Crippen LogP contribution in [0.1, 0.15) is 22.0 Å². The zero-order chi connectivity index (χ0) is 22.3. The highest BCUT2D eigenvalue weighted by Crippen LogP contribution is 2.24. The van der Waals surface area contributed by atoms with Gasteiger partial charge in [-0.2, -0.15) is 0 Å². The molecule has 166 valence electrons. The molecule has 1 saturated heterocycles. The highest BCUT2D eigenvalue weighted by molar-refractivity contribution is 5.94. The van der Waals surface area contributed by atoms with Crippen LogP contribution in [0.4, 0.5) is 5.69 Å². The second kappa shape index (κ2) is 10.4. The number of benzene rings is 3. The van der Waals surface area contributed by atoms with Crippen molar-refractivity contribution in [3.63, 3.8) is 0 Å². The number of amides is 1. The first-order valence-corrected chi connectivity index (χ1v) is 11.1. The zero-order valence-electron chi connectivity index (χ0n) is 18.8. The minimum absolute atomic E-state index is 0.0483. The fourth-order valence-electron chi connectivity index (χ4n) is 4.08. The van der Waals surface area contributed by atoms with Crippen molar-refractivity contribution in [3.8, 4) is 11.1 Å². The van der Waals surface area contributed by atoms with Crippen LogP contribution in [0.25, 0.3) is 11.1 Å². The maximum atomic E-state index is 12.9. The van der Waals surface area contributed by atoms with Crippen molar-refractivity contribution in [2.75, 3.05) is 51.8 Å². The molecule has 0 aliphatic carbocycles. The van der Waals surface area contributed by atoms with Crippen LogP contribution in [-0.2, 0) is 4.74 Å². The van der Waals surface area contributed by atoms with Gasteiger partial charge in [0, 0.05) is 45.0 Å². The summed E-state index contributed by atoms with van der Waals surface area (Å²) in [4.78, 5) is 17.4. The van der Waals surface area contributed by atoms with Crippen LogP contribution in [-0.4, -0.2) is 57.8 Å². The molecule has 3 aromatic rings. The zero-order valence-corrected chi connectivity index (χ0v) is 18.8. The van der Waals surface area contributed by atoms with Crippen LogP contribution in [0.2, 0.25) is 0 Å². The number of nitrogens with one attached hydrogen (secondary N) is 1. The standard InChI is InChI=1S/C27H31N3O2/c1-29(2)25-14-12-23(13-15-25)26(30-16-18-32-19-17-30)20-28-27(31)24-10-8-22(9-11-24)21-6-4-3-5-7-21/h3-15,26H,16-20H2,1-2H3,(H,28,31)/t26-/m1/s1. The average molecular weight is 430 g/mol. The van der Waals surface area contributed by atoms with E-state index in [2.05, 4.69) is 51.5 Å². The lowest BCUT2D eigenvalue weighted by Crippen LogP contribution is -2.43. The molecule has 0 aromatic heterocycles. The molecular weight excluding hydrogens is 398 g/mol. The molecule has 1 aliphatic rings. The Morgan fingerprint density at radius 3 is 2.16 bits per heavy atom. The number of hydrogen-bond acceptors (Lipinski definition) is 4. The first kappa shape index (κ1) is 22.1. The van der Waals surface area contributed by atoms with Gasteiger partial charge in [-0.05, 0) is 41.0 Å². The first-order chi connectivity index (χ1) is 15.6. The van der Waals surface area contributed by atoms with Gasteiger partial charge in [0.2, 0.25) is 0 Å². The topological polar surface area (TPSA) is 44.8 Å². The second-order valence-electron chi connectivity index (χ2n) is 8.30. The molecule has 1 heterocycles. The maximum Gasteiger partial charge on any atom is 0.251 e. The molecular formula is C27H31N3O2. The molecule has 0 radical (unpaired) electrons. The largest absolute Gasteiger partial charge is 0.379 e. The van der Waals surface area contributed by atoms with Gasteiger partial charge in [-0.1, -0.05) is 54.6 Å². The number of hydrogen-bond donors (Lipinski definition) is 1. The van der Waals surface area contributed by atoms with Crippen LogP contribution in [0.3, 0.4) is 0 Å². The van der Waals surface area contributed by atoms with E-state index in [0.717, 1.165) is 43.1 Å². The highest BCUT2D eigenvalue weighted by atomic mass is 16.5. The minimum Gasteiger partial charge on any atom is -0.379 e. The Labute approximate surface area is 190 Å². The van der Waals surface area contributed by atoms with Crippen molar-refractivity contribution in [2.45, 2.75) is 6.04 Å². The van der Waals surface area contributed by atoms with Crippen LogP contribution >= 0.6 is 0 Å². The molecule has 0 bridgehead atoms. The van der Waals surface area contributed by atoms with Gasteiger partial charge in [-0.3, -0.25) is 9.69 Å². The van der Waals surface area contributed by atoms with Gasteiger partial charge in [0.25, 0.3) is 5.91 Å². The van der Waals surface area contributed by atoms with Crippen molar-refractivity contribution in [1.29, 1.82) is 0 Å². The number of ether oxygens (including phenoxy) is 1. The number of nitrogens with zero attached hydrogens (tertiary/aromatic N) is 2. The highest BCUT2D eigenvalue weighted by Gasteiger charge is 2.23. The molecule has 1 aliphatic heterocycles. The maximum absolute atomic E-state index is 12.9. The lowest BCUT2D eigenvalue weighted by atomic mass is 10.0. The fraction of sp³-hybridized carbons (Fsp3) is 0.296. The Kier molecular flexibility index (Phi) is 7.20. The molecule has 5 nitrogen and oxygen atoms in total. The Bertz CT molecular complexity index is 995. The SMILES string of the molecule is CN(C)c1ccc([C@@H](CNC(=O)c2ccc(-c3ccccc3)cc2)N2CCOCC2)cc1. The molecule has 1 atom stereocenters. The summed E-state index contributed by atoms with van der Waals surface area (Å²) in [6.45, 7) is 3.73. The summed E-state index contributed by atoms with van der Waals surface area (Å²) in [6.07, 6.45) is 0. The summed E-state index contributed by atoms with van der Waals surface area (Å²) in [6, 6.07) is 26.7. The molecule has 1 fully saturated rings. The molecule has 32 heavy (non-hydrogen) atoms. The summed E-state index contributed by atoms with van der Waals surface area (Å²) >= 11 is 0. The van der Waals surface area contributed by atoms with Gasteiger partial charge in [-0.15, -0.1) is 0 Å². The molecule has 0 saturated carbocycles. The summed E-state index contributed by atoms with van der Waals surface area (Å²) in [5.41, 5.74) is 5.30. The summed E-state index contributed by atoms with van der Waals surface area (Å²) in [7, 11) is 4.08. The Morgan fingerprint density at radius 2 is 1.53 bits per heavy atom. The van der Waals surface area contributed by atoms with E-state index in [0.29, 0.717) is 12.1 Å². The molecule has 5 heteroatoms. The Balaban J connectivity index is 1.45. The monoisotopic (exact) mass is 429 g/mol. The van der Waals surface area contributed by atoms with Crippen molar-refractivity contribution >= 4 is 11.6 Å². The van der Waals surface area contributed by atoms with Crippen LogP contribution < -0.4 is 10.2 Å². The summed E-state index contributed by atoms with van der Waals surface area (Å²) in [5.74, 6) is -0.0483. The van der Waals surface area contributed by atoms with Crippen LogP contribution in [0, 0.1) is 0 Å². The molecule has 0 unspecified atom stereocenters. The number of carbonyl (C=O) groups is 1. The molecule has 0 spiro atoms. The van der Waals surface area contributed by atoms with E-state index in [1.165, 1.54) is 5.56 Å². The quantitative estimate of drug-likeness (QED) is 0.611. The molecule has 3 aromatic carbocycles. The molecule has 4 rings (SSSR count). The van der Waals surface area contributed by atoms with Crippen molar-refractivity contribution in [1.82, 2.24) is 10.2 Å². The predicted molar refractivity (Wildman–Crippen MR) is 130 cm³/mol. The average Bonchev–Trinajstić information content (AvgIpc) is 2.85. The van der Waals surface area contributed by atoms with Gasteiger partial charge in [0.15, 0.2) is 0 Å². The van der Waals surface area contributed by atoms with E-state index in [-0.39, 0.29) is 11.9 Å². The van der Waals surface area contributed by atoms with Gasteiger partial charge >= 0.3 is 0 Å². The lowest BCUT2D eigenvalue weighted by molar-refractivity contribution is 0.0162. The van der Waals surface area contributed by atoms with Gasteiger partial charge < -0.3 is 15.0 Å². The predicted octanol–water partition coefficient (Wildman–Crippen LogP) is 4.22. The van der Waals surface area contributed by atoms with E-state index >= 15 is 0 Å². The number of rotatable bonds is 7. The number of morpholine rings is 1. The smallest absolute Gasteiger partial charge is 0.251 e. The third-order valence-corrected chi connectivity index (χ3v) is 5.99.